The maximum atomic E-state index is 12.8. The molecule has 29 heavy (non-hydrogen) atoms. The zero-order valence-electron chi connectivity index (χ0n) is 16.7. The first-order chi connectivity index (χ1) is 13.8. The van der Waals surface area contributed by atoms with Gasteiger partial charge in [0.05, 0.1) is 6.33 Å². The third-order valence-electron chi connectivity index (χ3n) is 5.77. The second-order valence-corrected chi connectivity index (χ2v) is 9.71. The van der Waals surface area contributed by atoms with E-state index >= 15 is 0 Å². The van der Waals surface area contributed by atoms with Crippen molar-refractivity contribution in [2.24, 2.45) is 7.05 Å². The summed E-state index contributed by atoms with van der Waals surface area (Å²) < 4.78 is 33.9. The summed E-state index contributed by atoms with van der Waals surface area (Å²) in [5, 5.41) is 4.06. The van der Waals surface area contributed by atoms with Gasteiger partial charge in [-0.15, -0.1) is 0 Å². The van der Waals surface area contributed by atoms with Gasteiger partial charge in [-0.25, -0.2) is 13.4 Å². The fourth-order valence-corrected chi connectivity index (χ4v) is 5.30. The van der Waals surface area contributed by atoms with Gasteiger partial charge in [-0.05, 0) is 19.3 Å². The smallest absolute Gasteiger partial charge is 0.262 e. The number of imidazole rings is 1. The van der Waals surface area contributed by atoms with Gasteiger partial charge in [0.1, 0.15) is 0 Å². The Hall–Kier alpha value is -2.27. The van der Waals surface area contributed by atoms with Crippen LogP contribution in [0.25, 0.3) is 0 Å². The highest BCUT2D eigenvalue weighted by atomic mass is 32.2. The van der Waals surface area contributed by atoms with E-state index in [9.17, 15) is 13.2 Å². The van der Waals surface area contributed by atoms with Gasteiger partial charge < -0.3 is 14.0 Å². The minimum atomic E-state index is -3.66. The molecule has 0 radical (unpaired) electrons. The van der Waals surface area contributed by atoms with Crippen molar-refractivity contribution in [1.82, 2.24) is 28.9 Å². The molecule has 1 unspecified atom stereocenters. The Morgan fingerprint density at radius 2 is 2.14 bits per heavy atom. The molecule has 0 bridgehead atoms. The highest BCUT2D eigenvalue weighted by molar-refractivity contribution is 7.89. The molecule has 4 rings (SSSR count). The molecule has 0 spiro atoms. The van der Waals surface area contributed by atoms with Gasteiger partial charge in [-0.2, -0.15) is 9.29 Å². The molecule has 2 fully saturated rings. The standard InChI is InChI=1S/C18H26N6O4S/c1-13(25)24(9-7-16-20-18(28-21-16)14-4-3-5-14)15-6-8-23(10-15)29(26,27)17-11-22(2)12-19-17/h11-12,14-15H,3-10H2,1-2H3. The third-order valence-corrected chi connectivity index (χ3v) is 7.52. The molecule has 158 valence electrons. The highest BCUT2D eigenvalue weighted by Gasteiger charge is 2.37. The molecule has 1 atom stereocenters. The largest absolute Gasteiger partial charge is 0.339 e. The number of hydrogen-bond acceptors (Lipinski definition) is 7. The first-order valence-corrected chi connectivity index (χ1v) is 11.4. The van der Waals surface area contributed by atoms with E-state index in [1.165, 1.54) is 30.2 Å². The van der Waals surface area contributed by atoms with E-state index in [-0.39, 0.29) is 23.5 Å². The van der Waals surface area contributed by atoms with Crippen LogP contribution in [-0.2, 0) is 28.3 Å². The minimum Gasteiger partial charge on any atom is -0.339 e. The van der Waals surface area contributed by atoms with E-state index in [2.05, 4.69) is 15.1 Å². The van der Waals surface area contributed by atoms with Gasteiger partial charge in [-0.3, -0.25) is 4.79 Å². The second-order valence-electron chi connectivity index (χ2n) is 7.82. The molecule has 1 saturated heterocycles. The van der Waals surface area contributed by atoms with E-state index < -0.39 is 10.0 Å². The molecular weight excluding hydrogens is 396 g/mol. The van der Waals surface area contributed by atoms with Gasteiger partial charge in [0.25, 0.3) is 10.0 Å². The number of aromatic nitrogens is 4. The van der Waals surface area contributed by atoms with Crippen molar-refractivity contribution in [3.05, 3.63) is 24.2 Å². The van der Waals surface area contributed by atoms with Crippen LogP contribution in [0, 0.1) is 0 Å². The molecule has 0 aromatic carbocycles. The van der Waals surface area contributed by atoms with Gasteiger partial charge in [0.15, 0.2) is 10.9 Å². The van der Waals surface area contributed by atoms with E-state index in [1.54, 1.807) is 16.5 Å². The van der Waals surface area contributed by atoms with E-state index in [0.29, 0.717) is 43.6 Å². The maximum absolute atomic E-state index is 12.8. The van der Waals surface area contributed by atoms with Crippen LogP contribution in [0.1, 0.15) is 50.2 Å². The van der Waals surface area contributed by atoms with Crippen molar-refractivity contribution in [1.29, 1.82) is 0 Å². The molecule has 1 saturated carbocycles. The Morgan fingerprint density at radius 3 is 2.76 bits per heavy atom. The van der Waals surface area contributed by atoms with Crippen LogP contribution in [0.2, 0.25) is 0 Å². The number of amides is 1. The summed E-state index contributed by atoms with van der Waals surface area (Å²) in [4.78, 5) is 22.4. The number of carbonyl (C=O) groups excluding carboxylic acids is 1. The van der Waals surface area contributed by atoms with Crippen molar-refractivity contribution in [3.63, 3.8) is 0 Å². The van der Waals surface area contributed by atoms with Crippen molar-refractivity contribution in [3.8, 4) is 0 Å². The molecule has 11 heteroatoms. The number of carbonyl (C=O) groups is 1. The van der Waals surface area contributed by atoms with Crippen LogP contribution in [-0.4, -0.2) is 68.9 Å². The lowest BCUT2D eigenvalue weighted by Crippen LogP contribution is -2.42. The zero-order chi connectivity index (χ0) is 20.6. The lowest BCUT2D eigenvalue weighted by molar-refractivity contribution is -0.130. The topological polar surface area (TPSA) is 114 Å². The molecule has 1 aliphatic heterocycles. The summed E-state index contributed by atoms with van der Waals surface area (Å²) in [6.07, 6.45) is 7.39. The molecule has 2 aliphatic rings. The van der Waals surface area contributed by atoms with Crippen molar-refractivity contribution in [2.45, 2.75) is 56.0 Å². The van der Waals surface area contributed by atoms with Gasteiger partial charge >= 0.3 is 0 Å². The molecule has 10 nitrogen and oxygen atoms in total. The number of hydrogen-bond donors (Lipinski definition) is 0. The van der Waals surface area contributed by atoms with Crippen molar-refractivity contribution >= 4 is 15.9 Å². The lowest BCUT2D eigenvalue weighted by Gasteiger charge is -2.27. The minimum absolute atomic E-state index is 0.0327. The van der Waals surface area contributed by atoms with Crippen molar-refractivity contribution in [2.75, 3.05) is 19.6 Å². The Kier molecular flexibility index (Phi) is 5.43. The number of sulfonamides is 1. The normalized spacial score (nSPS) is 20.7. The van der Waals surface area contributed by atoms with E-state index in [0.717, 1.165) is 12.8 Å². The quantitative estimate of drug-likeness (QED) is 0.652. The Bertz CT molecular complexity index is 980. The lowest BCUT2D eigenvalue weighted by atomic mass is 9.85. The van der Waals surface area contributed by atoms with Crippen LogP contribution >= 0.6 is 0 Å². The Balaban J connectivity index is 1.39. The first-order valence-electron chi connectivity index (χ1n) is 9.92. The number of nitrogens with zero attached hydrogens (tertiary/aromatic N) is 6. The van der Waals surface area contributed by atoms with Gasteiger partial charge in [0, 0.05) is 58.2 Å². The van der Waals surface area contributed by atoms with E-state index in [4.69, 9.17) is 4.52 Å². The monoisotopic (exact) mass is 422 g/mol. The van der Waals surface area contributed by atoms with Crippen LogP contribution in [0.5, 0.6) is 0 Å². The summed E-state index contributed by atoms with van der Waals surface area (Å²) in [7, 11) is -1.93. The summed E-state index contributed by atoms with van der Waals surface area (Å²) >= 11 is 0. The number of rotatable bonds is 7. The Morgan fingerprint density at radius 1 is 1.34 bits per heavy atom. The maximum Gasteiger partial charge on any atom is 0.262 e. The summed E-state index contributed by atoms with van der Waals surface area (Å²) in [6, 6.07) is -0.177. The fraction of sp³-hybridized carbons (Fsp3) is 0.667. The Labute approximate surface area is 169 Å². The highest BCUT2D eigenvalue weighted by Crippen LogP contribution is 2.35. The summed E-state index contributed by atoms with van der Waals surface area (Å²) in [5.74, 6) is 1.57. The van der Waals surface area contributed by atoms with Crippen LogP contribution in [0.15, 0.2) is 22.1 Å². The van der Waals surface area contributed by atoms with Crippen molar-refractivity contribution < 1.29 is 17.7 Å². The third kappa shape index (κ3) is 4.06. The molecule has 3 heterocycles. The average Bonchev–Trinajstić information content (AvgIpc) is 3.34. The summed E-state index contributed by atoms with van der Waals surface area (Å²) in [6.45, 7) is 2.56. The van der Waals surface area contributed by atoms with Crippen LogP contribution < -0.4 is 0 Å². The molecule has 2 aromatic heterocycles. The molecule has 0 N–H and O–H groups in total. The van der Waals surface area contributed by atoms with E-state index in [1.807, 2.05) is 0 Å². The van der Waals surface area contributed by atoms with Crippen LogP contribution in [0.3, 0.4) is 0 Å². The zero-order valence-corrected chi connectivity index (χ0v) is 17.5. The predicted octanol–water partition coefficient (Wildman–Crippen LogP) is 0.925. The van der Waals surface area contributed by atoms with Gasteiger partial charge in [0.2, 0.25) is 11.8 Å². The molecule has 1 aliphatic carbocycles. The molecule has 2 aromatic rings. The number of aryl methyl sites for hydroxylation is 1. The second kappa shape index (κ2) is 7.86. The molecular formula is C18H26N6O4S. The predicted molar refractivity (Wildman–Crippen MR) is 102 cm³/mol. The first kappa shape index (κ1) is 20.0. The average molecular weight is 423 g/mol. The van der Waals surface area contributed by atoms with Gasteiger partial charge in [-0.1, -0.05) is 11.6 Å². The SMILES string of the molecule is CC(=O)N(CCc1noc(C2CCC2)n1)C1CCN(S(=O)(=O)c2cn(C)cn2)C1. The molecule has 1 amide bonds. The van der Waals surface area contributed by atoms with Crippen LogP contribution in [0.4, 0.5) is 0 Å². The summed E-state index contributed by atoms with van der Waals surface area (Å²) in [5.41, 5.74) is 0. The fourth-order valence-electron chi connectivity index (χ4n) is 3.85.